The summed E-state index contributed by atoms with van der Waals surface area (Å²) >= 11 is 0. The van der Waals surface area contributed by atoms with Gasteiger partial charge in [0.05, 0.1) is 0 Å². The summed E-state index contributed by atoms with van der Waals surface area (Å²) in [6.45, 7) is 6.90. The van der Waals surface area contributed by atoms with Crippen LogP contribution in [0.4, 0.5) is 0 Å². The van der Waals surface area contributed by atoms with Crippen LogP contribution in [-0.4, -0.2) is 5.78 Å². The van der Waals surface area contributed by atoms with Gasteiger partial charge in [-0.1, -0.05) is 31.4 Å². The van der Waals surface area contributed by atoms with E-state index >= 15 is 0 Å². The van der Waals surface area contributed by atoms with Crippen molar-refractivity contribution in [2.75, 3.05) is 0 Å². The van der Waals surface area contributed by atoms with Crippen LogP contribution in [0.15, 0.2) is 23.8 Å². The van der Waals surface area contributed by atoms with Gasteiger partial charge in [-0.15, -0.1) is 5.92 Å². The van der Waals surface area contributed by atoms with E-state index < -0.39 is 0 Å². The minimum atomic E-state index is 0.132. The highest BCUT2D eigenvalue weighted by atomic mass is 16.1. The van der Waals surface area contributed by atoms with Crippen molar-refractivity contribution in [3.05, 3.63) is 23.8 Å². The van der Waals surface area contributed by atoms with Gasteiger partial charge in [-0.25, -0.2) is 0 Å². The van der Waals surface area contributed by atoms with Crippen molar-refractivity contribution in [1.29, 1.82) is 0 Å². The fourth-order valence-corrected chi connectivity index (χ4v) is 6.61. The molecule has 0 unspecified atom stereocenters. The monoisotopic (exact) mass is 308 g/mol. The third kappa shape index (κ3) is 2.03. The molecule has 0 radical (unpaired) electrons. The molecule has 1 nitrogen and oxygen atoms in total. The Morgan fingerprint density at radius 1 is 1.13 bits per heavy atom. The van der Waals surface area contributed by atoms with Crippen LogP contribution in [0.2, 0.25) is 0 Å². The normalized spacial score (nSPS) is 47.8. The van der Waals surface area contributed by atoms with E-state index in [0.29, 0.717) is 11.3 Å². The van der Waals surface area contributed by atoms with Crippen LogP contribution >= 0.6 is 0 Å². The molecule has 4 aliphatic rings. The number of allylic oxidation sites excluding steroid dienone is 4. The minimum absolute atomic E-state index is 0.132. The number of hydrogen-bond donors (Lipinski definition) is 0. The molecule has 6 atom stereocenters. The summed E-state index contributed by atoms with van der Waals surface area (Å²) in [5.74, 6) is 9.88. The van der Waals surface area contributed by atoms with Crippen LogP contribution in [0.1, 0.15) is 59.3 Å². The highest BCUT2D eigenvalue weighted by molar-refractivity contribution is 6.01. The zero-order valence-electron chi connectivity index (χ0n) is 14.7. The lowest BCUT2D eigenvalue weighted by Crippen LogP contribution is -2.49. The zero-order chi connectivity index (χ0) is 16.2. The Balaban J connectivity index is 1.68. The second kappa shape index (κ2) is 5.10. The Kier molecular flexibility index (Phi) is 3.38. The lowest BCUT2D eigenvalue weighted by Gasteiger charge is -2.56. The van der Waals surface area contributed by atoms with E-state index in [1.54, 1.807) is 0 Å². The molecule has 0 aromatic carbocycles. The van der Waals surface area contributed by atoms with Crippen molar-refractivity contribution in [1.82, 2.24) is 0 Å². The summed E-state index contributed by atoms with van der Waals surface area (Å²) in [5.41, 5.74) is 1.96. The third-order valence-electron chi connectivity index (χ3n) is 7.88. The maximum Gasteiger partial charge on any atom is 0.178 e. The van der Waals surface area contributed by atoms with Crippen LogP contribution in [0.3, 0.4) is 0 Å². The second-order valence-electron chi connectivity index (χ2n) is 8.67. The maximum absolute atomic E-state index is 11.8. The third-order valence-corrected chi connectivity index (χ3v) is 7.88. The average Bonchev–Trinajstić information content (AvgIpc) is 2.85. The summed E-state index contributed by atoms with van der Waals surface area (Å²) in [6, 6.07) is 0. The Labute approximate surface area is 140 Å². The van der Waals surface area contributed by atoms with Crippen LogP contribution in [0.25, 0.3) is 0 Å². The van der Waals surface area contributed by atoms with Gasteiger partial charge < -0.3 is 0 Å². The zero-order valence-corrected chi connectivity index (χ0v) is 14.7. The predicted molar refractivity (Wildman–Crippen MR) is 93.6 cm³/mol. The summed E-state index contributed by atoms with van der Waals surface area (Å²) in [4.78, 5) is 11.8. The number of carbonyl (C=O) groups is 1. The molecular weight excluding hydrogens is 280 g/mol. The molecule has 0 amide bonds. The van der Waals surface area contributed by atoms with Crippen molar-refractivity contribution >= 4 is 5.78 Å². The molecule has 0 N–H and O–H groups in total. The molecule has 0 bridgehead atoms. The van der Waals surface area contributed by atoms with Gasteiger partial charge in [0.15, 0.2) is 5.78 Å². The largest absolute Gasteiger partial charge is 0.290 e. The molecule has 4 aliphatic carbocycles. The highest BCUT2D eigenvalue weighted by Gasteiger charge is 2.58. The number of rotatable bonds is 0. The first-order chi connectivity index (χ1) is 11.0. The summed E-state index contributed by atoms with van der Waals surface area (Å²) < 4.78 is 0. The van der Waals surface area contributed by atoms with E-state index in [0.717, 1.165) is 24.2 Å². The lowest BCUT2D eigenvalue weighted by atomic mass is 9.48. The van der Waals surface area contributed by atoms with Gasteiger partial charge in [-0.2, -0.15) is 0 Å². The second-order valence-corrected chi connectivity index (χ2v) is 8.67. The van der Waals surface area contributed by atoms with Crippen LogP contribution in [0.5, 0.6) is 0 Å². The van der Waals surface area contributed by atoms with E-state index in [1.807, 2.05) is 19.1 Å². The van der Waals surface area contributed by atoms with Crippen molar-refractivity contribution < 1.29 is 4.79 Å². The number of hydrogen-bond acceptors (Lipinski definition) is 1. The van der Waals surface area contributed by atoms with Gasteiger partial charge in [-0.05, 0) is 80.8 Å². The fourth-order valence-electron chi connectivity index (χ4n) is 6.61. The Morgan fingerprint density at radius 3 is 2.74 bits per heavy atom. The minimum Gasteiger partial charge on any atom is -0.290 e. The van der Waals surface area contributed by atoms with Crippen molar-refractivity contribution in [3.8, 4) is 11.8 Å². The fraction of sp³-hybridized carbons (Fsp3) is 0.682. The molecule has 23 heavy (non-hydrogen) atoms. The summed E-state index contributed by atoms with van der Waals surface area (Å²) in [7, 11) is 0. The molecule has 0 aromatic rings. The maximum atomic E-state index is 11.8. The summed E-state index contributed by atoms with van der Waals surface area (Å²) in [6.07, 6.45) is 13.6. The molecule has 122 valence electrons. The Hall–Kier alpha value is -1.29. The molecule has 0 aliphatic heterocycles. The van der Waals surface area contributed by atoms with E-state index in [2.05, 4.69) is 31.8 Å². The first kappa shape index (κ1) is 15.3. The molecule has 0 aromatic heterocycles. The van der Waals surface area contributed by atoms with Crippen LogP contribution in [0, 0.1) is 46.3 Å². The van der Waals surface area contributed by atoms with Crippen molar-refractivity contribution in [2.45, 2.75) is 59.3 Å². The van der Waals surface area contributed by atoms with Gasteiger partial charge in [0.25, 0.3) is 0 Å². The molecule has 3 fully saturated rings. The standard InChI is InChI=1S/C22H28O/c1-4-5-15-7-9-19-18-8-6-16-14-17(23)10-12-22(16,3)20(18)11-13-21(15,19)2/h10,12,14-15,18-20H,6-9,11,13H2,1-3H3/t15-,18-,19-,20-,21+,22-/m0/s1. The van der Waals surface area contributed by atoms with Gasteiger partial charge in [0, 0.05) is 11.3 Å². The van der Waals surface area contributed by atoms with E-state index in [9.17, 15) is 4.79 Å². The van der Waals surface area contributed by atoms with E-state index in [4.69, 9.17) is 0 Å². The molecule has 0 spiro atoms. The summed E-state index contributed by atoms with van der Waals surface area (Å²) in [5, 5.41) is 0. The number of ketones is 1. The SMILES string of the molecule is CC#C[C@H]1CC[C@H]2[C@@H]3CCC4=CC(=O)C=C[C@]4(C)[C@H]3CC[C@]12C. The number of carbonyl (C=O) groups excluding carboxylic acids is 1. The quantitative estimate of drug-likeness (QED) is 0.580. The van der Waals surface area contributed by atoms with E-state index in [-0.39, 0.29) is 11.2 Å². The van der Waals surface area contributed by atoms with Crippen LogP contribution in [-0.2, 0) is 4.79 Å². The first-order valence-corrected chi connectivity index (χ1v) is 9.35. The molecule has 4 rings (SSSR count). The Bertz CT molecular complexity index is 657. The molecular formula is C22H28O. The Morgan fingerprint density at radius 2 is 1.96 bits per heavy atom. The van der Waals surface area contributed by atoms with Gasteiger partial charge in [0.1, 0.15) is 0 Å². The van der Waals surface area contributed by atoms with Gasteiger partial charge in [-0.3, -0.25) is 4.79 Å². The highest BCUT2D eigenvalue weighted by Crippen LogP contribution is 2.65. The molecule has 0 saturated heterocycles. The molecule has 3 saturated carbocycles. The predicted octanol–water partition coefficient (Wildman–Crippen LogP) is 4.93. The van der Waals surface area contributed by atoms with Gasteiger partial charge >= 0.3 is 0 Å². The van der Waals surface area contributed by atoms with Crippen molar-refractivity contribution in [3.63, 3.8) is 0 Å². The van der Waals surface area contributed by atoms with Crippen LogP contribution < -0.4 is 0 Å². The van der Waals surface area contributed by atoms with Crippen molar-refractivity contribution in [2.24, 2.45) is 34.5 Å². The molecule has 0 heterocycles. The smallest absolute Gasteiger partial charge is 0.178 e. The van der Waals surface area contributed by atoms with Gasteiger partial charge in [0.2, 0.25) is 0 Å². The lowest BCUT2D eigenvalue weighted by molar-refractivity contribution is -0.111. The molecule has 1 heteroatoms. The average molecular weight is 308 g/mol. The first-order valence-electron chi connectivity index (χ1n) is 9.35. The number of fused-ring (bicyclic) bond motifs is 5. The topological polar surface area (TPSA) is 17.1 Å². The van der Waals surface area contributed by atoms with E-state index in [1.165, 1.54) is 37.7 Å².